The number of hydrogen-bond donors (Lipinski definition) is 1. The maximum atomic E-state index is 11.0. The van der Waals surface area contributed by atoms with Crippen LogP contribution in [0, 0.1) is 5.92 Å². The van der Waals surface area contributed by atoms with Gasteiger partial charge in [0.05, 0.1) is 6.61 Å². The predicted molar refractivity (Wildman–Crippen MR) is 86.6 cm³/mol. The van der Waals surface area contributed by atoms with Crippen molar-refractivity contribution in [1.82, 2.24) is 14.8 Å². The van der Waals surface area contributed by atoms with Crippen LogP contribution in [0.3, 0.4) is 0 Å². The van der Waals surface area contributed by atoms with Gasteiger partial charge in [-0.1, -0.05) is 0 Å². The van der Waals surface area contributed by atoms with Crippen LogP contribution in [-0.4, -0.2) is 64.8 Å². The van der Waals surface area contributed by atoms with Gasteiger partial charge in [-0.25, -0.2) is 4.79 Å². The van der Waals surface area contributed by atoms with Crippen molar-refractivity contribution < 1.29 is 14.6 Å². The minimum Gasteiger partial charge on any atom is -0.493 e. The summed E-state index contributed by atoms with van der Waals surface area (Å²) in [4.78, 5) is 18.9. The molecule has 1 saturated heterocycles. The van der Waals surface area contributed by atoms with Crippen molar-refractivity contribution in [3.8, 4) is 5.75 Å². The second-order valence-corrected chi connectivity index (χ2v) is 6.47. The van der Waals surface area contributed by atoms with E-state index >= 15 is 0 Å². The van der Waals surface area contributed by atoms with Gasteiger partial charge in [0.1, 0.15) is 5.75 Å². The van der Waals surface area contributed by atoms with E-state index in [1.165, 1.54) is 30.6 Å². The molecule has 6 heteroatoms. The minimum atomic E-state index is -0.790. The average molecular weight is 319 g/mol. The molecule has 2 heterocycles. The fourth-order valence-electron chi connectivity index (χ4n) is 3.60. The summed E-state index contributed by atoms with van der Waals surface area (Å²) in [6.07, 6.45) is 7.48. The number of aromatic nitrogens is 1. The van der Waals surface area contributed by atoms with Crippen LogP contribution in [0.2, 0.25) is 0 Å². The lowest BCUT2D eigenvalue weighted by atomic mass is 9.85. The van der Waals surface area contributed by atoms with Crippen LogP contribution in [0.25, 0.3) is 0 Å². The Labute approximate surface area is 137 Å². The Morgan fingerprint density at radius 2 is 1.78 bits per heavy atom. The maximum Gasteiger partial charge on any atom is 0.407 e. The van der Waals surface area contributed by atoms with Crippen LogP contribution in [0.1, 0.15) is 25.7 Å². The molecule has 0 spiro atoms. The highest BCUT2D eigenvalue weighted by molar-refractivity contribution is 5.65. The zero-order valence-corrected chi connectivity index (χ0v) is 13.4. The first-order valence-electron chi connectivity index (χ1n) is 8.47. The summed E-state index contributed by atoms with van der Waals surface area (Å²) in [6.45, 7) is 3.80. The second-order valence-electron chi connectivity index (χ2n) is 6.47. The predicted octanol–water partition coefficient (Wildman–Crippen LogP) is 2.31. The van der Waals surface area contributed by atoms with Gasteiger partial charge in [-0.3, -0.25) is 9.88 Å². The highest BCUT2D eigenvalue weighted by atomic mass is 16.5. The SMILES string of the molecule is O=C(O)N1CCN([C@H]2CC[C@H](COc3ccncc3)CC2)CC1. The van der Waals surface area contributed by atoms with E-state index in [4.69, 9.17) is 9.84 Å². The molecule has 1 aromatic heterocycles. The number of hydrogen-bond acceptors (Lipinski definition) is 4. The molecule has 1 N–H and O–H groups in total. The number of pyridine rings is 1. The molecule has 0 aromatic carbocycles. The molecule has 126 valence electrons. The number of rotatable bonds is 4. The molecule has 3 rings (SSSR count). The second kappa shape index (κ2) is 7.64. The third kappa shape index (κ3) is 4.34. The Bertz CT molecular complexity index is 495. The van der Waals surface area contributed by atoms with Crippen molar-refractivity contribution in [1.29, 1.82) is 0 Å². The van der Waals surface area contributed by atoms with Crippen molar-refractivity contribution in [2.24, 2.45) is 5.92 Å². The van der Waals surface area contributed by atoms with Gasteiger partial charge in [0.25, 0.3) is 0 Å². The van der Waals surface area contributed by atoms with Gasteiger partial charge in [-0.15, -0.1) is 0 Å². The third-order valence-electron chi connectivity index (χ3n) is 5.05. The molecule has 0 unspecified atom stereocenters. The molecule has 1 aromatic rings. The van der Waals surface area contributed by atoms with Crippen molar-refractivity contribution in [3.63, 3.8) is 0 Å². The summed E-state index contributed by atoms with van der Waals surface area (Å²) in [5, 5.41) is 9.01. The molecule has 1 aliphatic heterocycles. The van der Waals surface area contributed by atoms with Gasteiger partial charge in [0, 0.05) is 44.6 Å². The van der Waals surface area contributed by atoms with Crippen LogP contribution in [-0.2, 0) is 0 Å². The van der Waals surface area contributed by atoms with Gasteiger partial charge < -0.3 is 14.7 Å². The van der Waals surface area contributed by atoms with Crippen LogP contribution in [0.4, 0.5) is 4.79 Å². The number of amides is 1. The van der Waals surface area contributed by atoms with Crippen molar-refractivity contribution >= 4 is 6.09 Å². The molecule has 1 aliphatic carbocycles. The zero-order chi connectivity index (χ0) is 16.1. The molecule has 2 fully saturated rings. The van der Waals surface area contributed by atoms with Crippen LogP contribution in [0.5, 0.6) is 5.75 Å². The van der Waals surface area contributed by atoms with E-state index < -0.39 is 6.09 Å². The fraction of sp³-hybridized carbons (Fsp3) is 0.647. The van der Waals surface area contributed by atoms with Crippen molar-refractivity contribution in [3.05, 3.63) is 24.5 Å². The van der Waals surface area contributed by atoms with Crippen molar-refractivity contribution in [2.45, 2.75) is 31.7 Å². The number of carbonyl (C=O) groups is 1. The van der Waals surface area contributed by atoms with E-state index in [-0.39, 0.29) is 0 Å². The Morgan fingerprint density at radius 1 is 1.13 bits per heavy atom. The molecule has 0 radical (unpaired) electrons. The van der Waals surface area contributed by atoms with Gasteiger partial charge in [-0.2, -0.15) is 0 Å². The molecule has 2 aliphatic rings. The Hall–Kier alpha value is -1.82. The average Bonchev–Trinajstić information content (AvgIpc) is 2.61. The van der Waals surface area contributed by atoms with E-state index in [0.29, 0.717) is 25.0 Å². The molecule has 1 saturated carbocycles. The summed E-state index contributed by atoms with van der Waals surface area (Å²) in [5.74, 6) is 1.52. The standard InChI is InChI=1S/C17H25N3O3/c21-17(22)20-11-9-19(10-12-20)15-3-1-14(2-4-15)13-23-16-5-7-18-8-6-16/h5-8,14-15H,1-4,9-13H2,(H,21,22)/t14-,15-. The van der Waals surface area contributed by atoms with E-state index in [1.54, 1.807) is 12.4 Å². The largest absolute Gasteiger partial charge is 0.493 e. The van der Waals surface area contributed by atoms with E-state index in [2.05, 4.69) is 9.88 Å². The summed E-state index contributed by atoms with van der Waals surface area (Å²) in [6, 6.07) is 4.41. The van der Waals surface area contributed by atoms with E-state index in [0.717, 1.165) is 25.4 Å². The smallest absolute Gasteiger partial charge is 0.407 e. The molecular weight excluding hydrogens is 294 g/mol. The Balaban J connectivity index is 1.38. The zero-order valence-electron chi connectivity index (χ0n) is 13.4. The lowest BCUT2D eigenvalue weighted by Gasteiger charge is -2.41. The molecule has 0 bridgehead atoms. The first kappa shape index (κ1) is 16.1. The lowest BCUT2D eigenvalue weighted by molar-refractivity contribution is 0.0619. The number of ether oxygens (including phenoxy) is 1. The summed E-state index contributed by atoms with van der Waals surface area (Å²) in [7, 11) is 0. The summed E-state index contributed by atoms with van der Waals surface area (Å²) >= 11 is 0. The molecule has 6 nitrogen and oxygen atoms in total. The topological polar surface area (TPSA) is 65.9 Å². The van der Waals surface area contributed by atoms with Crippen LogP contribution < -0.4 is 4.74 Å². The lowest BCUT2D eigenvalue weighted by Crippen LogP contribution is -2.52. The summed E-state index contributed by atoms with van der Waals surface area (Å²) < 4.78 is 5.84. The van der Waals surface area contributed by atoms with Gasteiger partial charge >= 0.3 is 6.09 Å². The fourth-order valence-corrected chi connectivity index (χ4v) is 3.60. The first-order valence-corrected chi connectivity index (χ1v) is 8.47. The monoisotopic (exact) mass is 319 g/mol. The Kier molecular flexibility index (Phi) is 5.33. The van der Waals surface area contributed by atoms with Gasteiger partial charge in [0.2, 0.25) is 0 Å². The summed E-state index contributed by atoms with van der Waals surface area (Å²) in [5.41, 5.74) is 0. The number of carboxylic acid groups (broad SMARTS) is 1. The van der Waals surface area contributed by atoms with Crippen LogP contribution in [0.15, 0.2) is 24.5 Å². The Morgan fingerprint density at radius 3 is 2.39 bits per heavy atom. The molecule has 1 amide bonds. The quantitative estimate of drug-likeness (QED) is 0.922. The highest BCUT2D eigenvalue weighted by Crippen LogP contribution is 2.28. The maximum absolute atomic E-state index is 11.0. The molecule has 0 atom stereocenters. The normalized spacial score (nSPS) is 26.0. The van der Waals surface area contributed by atoms with E-state index in [9.17, 15) is 4.79 Å². The first-order chi connectivity index (χ1) is 11.2. The molecular formula is C17H25N3O3. The van der Waals surface area contributed by atoms with Crippen LogP contribution >= 0.6 is 0 Å². The van der Waals surface area contributed by atoms with Gasteiger partial charge in [0.15, 0.2) is 0 Å². The minimum absolute atomic E-state index is 0.614. The number of nitrogens with zero attached hydrogens (tertiary/aromatic N) is 3. The van der Waals surface area contributed by atoms with Gasteiger partial charge in [-0.05, 0) is 43.7 Å². The van der Waals surface area contributed by atoms with E-state index in [1.807, 2.05) is 12.1 Å². The van der Waals surface area contributed by atoms with Crippen molar-refractivity contribution in [2.75, 3.05) is 32.8 Å². The molecule has 23 heavy (non-hydrogen) atoms. The third-order valence-corrected chi connectivity index (χ3v) is 5.05. The number of piperazine rings is 1. The highest BCUT2D eigenvalue weighted by Gasteiger charge is 2.29.